The Bertz CT molecular complexity index is 969. The molecule has 0 unspecified atom stereocenters. The molecular formula is C25H32N4O4. The third-order valence-corrected chi connectivity index (χ3v) is 5.39. The molecule has 1 aliphatic rings. The summed E-state index contributed by atoms with van der Waals surface area (Å²) in [4.78, 5) is 39.3. The lowest BCUT2D eigenvalue weighted by molar-refractivity contribution is 0.0526. The molecule has 1 fully saturated rings. The maximum absolute atomic E-state index is 12.8. The largest absolute Gasteiger partial charge is 0.462 e. The highest BCUT2D eigenvalue weighted by Crippen LogP contribution is 2.27. The summed E-state index contributed by atoms with van der Waals surface area (Å²) < 4.78 is 4.96. The number of carbonyl (C=O) groups excluding carboxylic acids is 3. The molecule has 0 atom stereocenters. The molecule has 33 heavy (non-hydrogen) atoms. The summed E-state index contributed by atoms with van der Waals surface area (Å²) in [5.41, 5.74) is 2.93. The van der Waals surface area contributed by atoms with Crippen LogP contribution in [-0.4, -0.2) is 44.1 Å². The Morgan fingerprint density at radius 2 is 1.58 bits per heavy atom. The third-order valence-electron chi connectivity index (χ3n) is 5.39. The normalized spacial score (nSPS) is 13.2. The van der Waals surface area contributed by atoms with Crippen molar-refractivity contribution in [1.29, 1.82) is 0 Å². The standard InChI is InChI=1S/C25H32N4O4/c1-3-14-26-23(30)21-17-20(12-13-22(21)29-15-6-5-7-16-29)28-25(32)27-19-10-8-18(9-11-19)24(31)33-4-2/h8-13,17H,3-7,14-16H2,1-2H3,(H,26,30)(H2,27,28,32). The van der Waals surface area contributed by atoms with Gasteiger partial charge in [0.25, 0.3) is 5.91 Å². The predicted molar refractivity (Wildman–Crippen MR) is 130 cm³/mol. The lowest BCUT2D eigenvalue weighted by atomic mass is 10.1. The Kier molecular flexibility index (Phi) is 8.69. The highest BCUT2D eigenvalue weighted by atomic mass is 16.5. The van der Waals surface area contributed by atoms with Gasteiger partial charge < -0.3 is 25.6 Å². The first-order chi connectivity index (χ1) is 16.0. The second-order valence-corrected chi connectivity index (χ2v) is 7.91. The summed E-state index contributed by atoms with van der Waals surface area (Å²) in [6, 6.07) is 11.4. The second kappa shape index (κ2) is 11.9. The minimum absolute atomic E-state index is 0.143. The van der Waals surface area contributed by atoms with Crippen molar-refractivity contribution in [3.05, 3.63) is 53.6 Å². The highest BCUT2D eigenvalue weighted by molar-refractivity contribution is 6.04. The van der Waals surface area contributed by atoms with Crippen LogP contribution in [0, 0.1) is 0 Å². The van der Waals surface area contributed by atoms with Crippen LogP contribution in [-0.2, 0) is 4.74 Å². The van der Waals surface area contributed by atoms with Gasteiger partial charge in [0, 0.05) is 36.7 Å². The van der Waals surface area contributed by atoms with Gasteiger partial charge in [-0.1, -0.05) is 6.92 Å². The number of benzene rings is 2. The number of urea groups is 1. The summed E-state index contributed by atoms with van der Waals surface area (Å²) >= 11 is 0. The number of piperidine rings is 1. The molecule has 2 aromatic carbocycles. The lowest BCUT2D eigenvalue weighted by Gasteiger charge is -2.30. The van der Waals surface area contributed by atoms with Gasteiger partial charge in [0.1, 0.15) is 0 Å². The lowest BCUT2D eigenvalue weighted by Crippen LogP contribution is -2.33. The molecule has 0 bridgehead atoms. The molecule has 1 heterocycles. The number of carbonyl (C=O) groups is 3. The molecule has 1 saturated heterocycles. The van der Waals surface area contributed by atoms with Gasteiger partial charge in [-0.2, -0.15) is 0 Å². The summed E-state index contributed by atoms with van der Waals surface area (Å²) in [7, 11) is 0. The first-order valence-electron chi connectivity index (χ1n) is 11.5. The monoisotopic (exact) mass is 452 g/mol. The smallest absolute Gasteiger partial charge is 0.338 e. The van der Waals surface area contributed by atoms with Gasteiger partial charge in [-0.05, 0) is 75.1 Å². The summed E-state index contributed by atoms with van der Waals surface area (Å²) in [5, 5.41) is 8.47. The fourth-order valence-electron chi connectivity index (χ4n) is 3.74. The van der Waals surface area contributed by atoms with Gasteiger partial charge in [0.05, 0.1) is 17.7 Å². The quantitative estimate of drug-likeness (QED) is 0.507. The maximum atomic E-state index is 12.8. The molecule has 3 N–H and O–H groups in total. The Hall–Kier alpha value is -3.55. The number of hydrogen-bond acceptors (Lipinski definition) is 5. The van der Waals surface area contributed by atoms with E-state index >= 15 is 0 Å². The van der Waals surface area contributed by atoms with Crippen molar-refractivity contribution in [1.82, 2.24) is 5.32 Å². The van der Waals surface area contributed by atoms with Crippen LogP contribution in [0.15, 0.2) is 42.5 Å². The summed E-state index contributed by atoms with van der Waals surface area (Å²) in [6.45, 7) is 6.49. The van der Waals surface area contributed by atoms with Crippen molar-refractivity contribution in [2.24, 2.45) is 0 Å². The molecule has 0 radical (unpaired) electrons. The molecule has 1 aliphatic heterocycles. The van der Waals surface area contributed by atoms with Crippen molar-refractivity contribution < 1.29 is 19.1 Å². The van der Waals surface area contributed by atoms with Crippen LogP contribution in [0.5, 0.6) is 0 Å². The van der Waals surface area contributed by atoms with E-state index in [9.17, 15) is 14.4 Å². The first kappa shape index (κ1) is 24.1. The van der Waals surface area contributed by atoms with E-state index in [2.05, 4.69) is 20.9 Å². The van der Waals surface area contributed by atoms with Crippen LogP contribution in [0.3, 0.4) is 0 Å². The van der Waals surface area contributed by atoms with Crippen molar-refractivity contribution in [2.75, 3.05) is 41.8 Å². The van der Waals surface area contributed by atoms with Crippen molar-refractivity contribution in [3.63, 3.8) is 0 Å². The molecule has 0 aliphatic carbocycles. The summed E-state index contributed by atoms with van der Waals surface area (Å²) in [6.07, 6.45) is 4.26. The second-order valence-electron chi connectivity index (χ2n) is 7.91. The SMILES string of the molecule is CCCNC(=O)c1cc(NC(=O)Nc2ccc(C(=O)OCC)cc2)ccc1N1CCCCC1. The van der Waals surface area contributed by atoms with E-state index in [1.807, 2.05) is 19.1 Å². The number of rotatable bonds is 8. The number of anilines is 3. The third kappa shape index (κ3) is 6.71. The topological polar surface area (TPSA) is 99.8 Å². The Labute approximate surface area is 194 Å². The van der Waals surface area contributed by atoms with Crippen LogP contribution in [0.2, 0.25) is 0 Å². The van der Waals surface area contributed by atoms with Crippen LogP contribution >= 0.6 is 0 Å². The predicted octanol–water partition coefficient (Wildman–Crippen LogP) is 4.64. The number of amides is 3. The number of esters is 1. The number of nitrogens with zero attached hydrogens (tertiary/aromatic N) is 1. The van der Waals surface area contributed by atoms with E-state index in [0.29, 0.717) is 35.7 Å². The van der Waals surface area contributed by atoms with Crippen molar-refractivity contribution >= 4 is 35.0 Å². The van der Waals surface area contributed by atoms with Crippen LogP contribution in [0.25, 0.3) is 0 Å². The van der Waals surface area contributed by atoms with E-state index in [0.717, 1.165) is 38.0 Å². The molecule has 176 valence electrons. The van der Waals surface area contributed by atoms with Gasteiger partial charge in [0.15, 0.2) is 0 Å². The van der Waals surface area contributed by atoms with E-state index in [4.69, 9.17) is 4.74 Å². The Morgan fingerprint density at radius 3 is 2.24 bits per heavy atom. The Balaban J connectivity index is 1.71. The number of hydrogen-bond donors (Lipinski definition) is 3. The maximum Gasteiger partial charge on any atom is 0.338 e. The van der Waals surface area contributed by atoms with E-state index in [1.165, 1.54) is 6.42 Å². The van der Waals surface area contributed by atoms with E-state index in [-0.39, 0.29) is 5.91 Å². The van der Waals surface area contributed by atoms with Gasteiger partial charge >= 0.3 is 12.0 Å². The molecular weight excluding hydrogens is 420 g/mol. The van der Waals surface area contributed by atoms with Crippen molar-refractivity contribution in [3.8, 4) is 0 Å². The average Bonchev–Trinajstić information content (AvgIpc) is 2.83. The molecule has 3 rings (SSSR count). The van der Waals surface area contributed by atoms with E-state index < -0.39 is 12.0 Å². The first-order valence-corrected chi connectivity index (χ1v) is 11.5. The van der Waals surface area contributed by atoms with Gasteiger partial charge in [-0.15, -0.1) is 0 Å². The molecule has 2 aromatic rings. The van der Waals surface area contributed by atoms with Gasteiger partial charge in [-0.25, -0.2) is 9.59 Å². The molecule has 8 heteroatoms. The van der Waals surface area contributed by atoms with E-state index in [1.54, 1.807) is 37.3 Å². The van der Waals surface area contributed by atoms with Crippen LogP contribution in [0.4, 0.5) is 21.9 Å². The number of nitrogens with one attached hydrogen (secondary N) is 3. The molecule has 0 aromatic heterocycles. The summed E-state index contributed by atoms with van der Waals surface area (Å²) in [5.74, 6) is -0.549. The minimum atomic E-state index is -0.440. The zero-order chi connectivity index (χ0) is 23.6. The van der Waals surface area contributed by atoms with Gasteiger partial charge in [-0.3, -0.25) is 4.79 Å². The van der Waals surface area contributed by atoms with Crippen LogP contribution < -0.4 is 20.9 Å². The zero-order valence-corrected chi connectivity index (χ0v) is 19.3. The van der Waals surface area contributed by atoms with Crippen molar-refractivity contribution in [2.45, 2.75) is 39.5 Å². The molecule has 0 saturated carbocycles. The fraction of sp³-hybridized carbons (Fsp3) is 0.400. The Morgan fingerprint density at radius 1 is 0.909 bits per heavy atom. The molecule has 3 amide bonds. The average molecular weight is 453 g/mol. The molecule has 8 nitrogen and oxygen atoms in total. The van der Waals surface area contributed by atoms with Crippen LogP contribution in [0.1, 0.15) is 60.2 Å². The zero-order valence-electron chi connectivity index (χ0n) is 19.3. The van der Waals surface area contributed by atoms with Gasteiger partial charge in [0.2, 0.25) is 0 Å². The molecule has 0 spiro atoms. The fourth-order valence-corrected chi connectivity index (χ4v) is 3.74. The minimum Gasteiger partial charge on any atom is -0.462 e. The highest BCUT2D eigenvalue weighted by Gasteiger charge is 2.19. The number of ether oxygens (including phenoxy) is 1.